The van der Waals surface area contributed by atoms with Crippen molar-refractivity contribution in [2.45, 2.75) is 10.1 Å². The van der Waals surface area contributed by atoms with Crippen LogP contribution in [0.15, 0.2) is 27.6 Å². The maximum atomic E-state index is 13.0. The van der Waals surface area contributed by atoms with Gasteiger partial charge in [0.1, 0.15) is 5.82 Å². The molecule has 0 aliphatic carbocycles. The van der Waals surface area contributed by atoms with Crippen LogP contribution in [0.5, 0.6) is 0 Å². The Morgan fingerprint density at radius 1 is 1.42 bits per heavy atom. The third kappa shape index (κ3) is 4.35. The minimum absolute atomic E-state index is 0.0716. The van der Waals surface area contributed by atoms with E-state index in [9.17, 15) is 12.8 Å². The van der Waals surface area contributed by atoms with Crippen molar-refractivity contribution in [2.75, 3.05) is 23.8 Å². The lowest BCUT2D eigenvalue weighted by molar-refractivity contribution is 0.580. The van der Waals surface area contributed by atoms with Gasteiger partial charge in [0.2, 0.25) is 10.0 Å². The van der Waals surface area contributed by atoms with E-state index in [1.54, 1.807) is 11.8 Å². The molecule has 1 fully saturated rings. The first kappa shape index (κ1) is 15.6. The topological polar surface area (TPSA) is 46.2 Å². The average Bonchev–Trinajstić information content (AvgIpc) is 2.37. The molecular formula is C11H13BrFNO2S3. The number of rotatable bonds is 4. The Kier molecular flexibility index (Phi) is 5.59. The molecular weight excluding hydrogens is 373 g/mol. The molecule has 2 rings (SSSR count). The number of benzene rings is 1. The van der Waals surface area contributed by atoms with Crippen LogP contribution in [0.4, 0.5) is 4.39 Å². The Hall–Kier alpha value is 0.240. The van der Waals surface area contributed by atoms with Gasteiger partial charge in [0.15, 0.2) is 0 Å². The summed E-state index contributed by atoms with van der Waals surface area (Å²) in [6.45, 7) is 0.407. The smallest absolute Gasteiger partial charge is 0.210 e. The summed E-state index contributed by atoms with van der Waals surface area (Å²) in [4.78, 5) is 0.0716. The highest BCUT2D eigenvalue weighted by Gasteiger charge is 2.21. The van der Waals surface area contributed by atoms with Crippen LogP contribution >= 0.6 is 39.5 Å². The van der Waals surface area contributed by atoms with Crippen LogP contribution in [0.3, 0.4) is 0 Å². The highest BCUT2D eigenvalue weighted by Crippen LogP contribution is 2.25. The highest BCUT2D eigenvalue weighted by atomic mass is 79.9. The van der Waals surface area contributed by atoms with Crippen LogP contribution in [-0.4, -0.2) is 37.5 Å². The van der Waals surface area contributed by atoms with Gasteiger partial charge in [0, 0.05) is 33.5 Å². The average molecular weight is 386 g/mol. The van der Waals surface area contributed by atoms with Gasteiger partial charge >= 0.3 is 0 Å². The van der Waals surface area contributed by atoms with Crippen molar-refractivity contribution in [3.05, 3.63) is 28.5 Å². The van der Waals surface area contributed by atoms with Gasteiger partial charge in [-0.2, -0.15) is 23.5 Å². The first-order valence-electron chi connectivity index (χ1n) is 5.63. The van der Waals surface area contributed by atoms with E-state index in [1.807, 2.05) is 11.8 Å². The third-order valence-electron chi connectivity index (χ3n) is 2.57. The zero-order valence-corrected chi connectivity index (χ0v) is 14.0. The molecule has 1 aliphatic rings. The Labute approximate surface area is 129 Å². The molecule has 0 radical (unpaired) electrons. The standard InChI is InChI=1S/C11H13BrFNO2S3/c12-10-5-8(13)1-2-11(10)19(15,16)14-6-9-7-17-3-4-18-9/h1-2,5,9,14H,3-4,6-7H2. The molecule has 1 saturated heterocycles. The lowest BCUT2D eigenvalue weighted by atomic mass is 10.3. The fourth-order valence-electron chi connectivity index (χ4n) is 1.63. The lowest BCUT2D eigenvalue weighted by Gasteiger charge is -2.21. The van der Waals surface area contributed by atoms with Crippen LogP contribution in [0.25, 0.3) is 0 Å². The maximum Gasteiger partial charge on any atom is 0.241 e. The van der Waals surface area contributed by atoms with Crippen LogP contribution in [0.1, 0.15) is 0 Å². The quantitative estimate of drug-likeness (QED) is 0.865. The van der Waals surface area contributed by atoms with E-state index in [0.29, 0.717) is 11.8 Å². The van der Waals surface area contributed by atoms with Crippen molar-refractivity contribution in [3.63, 3.8) is 0 Å². The predicted octanol–water partition coefficient (Wildman–Crippen LogP) is 2.72. The van der Waals surface area contributed by atoms with Gasteiger partial charge in [-0.1, -0.05) is 0 Å². The number of nitrogens with one attached hydrogen (secondary N) is 1. The van der Waals surface area contributed by atoms with Gasteiger partial charge in [0.25, 0.3) is 0 Å². The molecule has 106 valence electrons. The Bertz CT molecular complexity index is 547. The van der Waals surface area contributed by atoms with E-state index in [0.717, 1.165) is 29.4 Å². The van der Waals surface area contributed by atoms with Crippen molar-refractivity contribution >= 4 is 49.5 Å². The molecule has 0 aromatic heterocycles. The van der Waals surface area contributed by atoms with Crippen molar-refractivity contribution < 1.29 is 12.8 Å². The second kappa shape index (κ2) is 6.80. The van der Waals surface area contributed by atoms with E-state index in [1.165, 1.54) is 6.07 Å². The summed E-state index contributed by atoms with van der Waals surface area (Å²) in [7, 11) is -3.59. The molecule has 1 aromatic carbocycles. The summed E-state index contributed by atoms with van der Waals surface area (Å²) in [6, 6.07) is 3.56. The lowest BCUT2D eigenvalue weighted by Crippen LogP contribution is -2.33. The minimum atomic E-state index is -3.59. The molecule has 19 heavy (non-hydrogen) atoms. The molecule has 0 bridgehead atoms. The second-order valence-corrected chi connectivity index (χ2v) is 9.14. The van der Waals surface area contributed by atoms with Gasteiger partial charge < -0.3 is 0 Å². The van der Waals surface area contributed by atoms with Gasteiger partial charge in [-0.05, 0) is 34.1 Å². The number of sulfonamides is 1. The number of halogens is 2. The molecule has 0 amide bonds. The molecule has 0 saturated carbocycles. The second-order valence-electron chi connectivity index (χ2n) is 3.99. The summed E-state index contributed by atoms with van der Waals surface area (Å²) in [6.07, 6.45) is 0. The van der Waals surface area contributed by atoms with Crippen LogP contribution in [-0.2, 0) is 10.0 Å². The van der Waals surface area contributed by atoms with Crippen molar-refractivity contribution in [1.82, 2.24) is 4.72 Å². The monoisotopic (exact) mass is 385 g/mol. The summed E-state index contributed by atoms with van der Waals surface area (Å²) < 4.78 is 40.0. The molecule has 1 aromatic rings. The SMILES string of the molecule is O=S(=O)(NCC1CSCCS1)c1ccc(F)cc1Br. The number of hydrogen-bond acceptors (Lipinski definition) is 4. The van der Waals surface area contributed by atoms with Crippen molar-refractivity contribution in [3.8, 4) is 0 Å². The van der Waals surface area contributed by atoms with Gasteiger partial charge in [-0.25, -0.2) is 17.5 Å². The van der Waals surface area contributed by atoms with Crippen molar-refractivity contribution in [1.29, 1.82) is 0 Å². The van der Waals surface area contributed by atoms with Crippen LogP contribution in [0, 0.1) is 5.82 Å². The van der Waals surface area contributed by atoms with E-state index >= 15 is 0 Å². The molecule has 8 heteroatoms. The summed E-state index contributed by atoms with van der Waals surface area (Å²) in [5, 5.41) is 0.299. The molecule has 3 nitrogen and oxygen atoms in total. The highest BCUT2D eigenvalue weighted by molar-refractivity contribution is 9.10. The molecule has 1 aliphatic heterocycles. The van der Waals surface area contributed by atoms with E-state index in [-0.39, 0.29) is 9.37 Å². The Morgan fingerprint density at radius 3 is 2.84 bits per heavy atom. The third-order valence-corrected chi connectivity index (χ3v) is 7.81. The molecule has 0 spiro atoms. The number of thioether (sulfide) groups is 2. The Balaban J connectivity index is 2.05. The Morgan fingerprint density at radius 2 is 2.21 bits per heavy atom. The van der Waals surface area contributed by atoms with Gasteiger partial charge in [0.05, 0.1) is 4.90 Å². The normalized spacial score (nSPS) is 20.4. The van der Waals surface area contributed by atoms with E-state index in [4.69, 9.17) is 0 Å². The summed E-state index contributed by atoms with van der Waals surface area (Å²) in [5.74, 6) is 2.66. The minimum Gasteiger partial charge on any atom is -0.210 e. The first-order chi connectivity index (χ1) is 8.99. The van der Waals surface area contributed by atoms with Gasteiger partial charge in [-0.15, -0.1) is 0 Å². The molecule has 1 atom stereocenters. The van der Waals surface area contributed by atoms with Gasteiger partial charge in [-0.3, -0.25) is 0 Å². The predicted molar refractivity (Wildman–Crippen MR) is 82.9 cm³/mol. The fraction of sp³-hybridized carbons (Fsp3) is 0.455. The molecule has 1 unspecified atom stereocenters. The van der Waals surface area contributed by atoms with E-state index in [2.05, 4.69) is 20.7 Å². The molecule has 1 N–H and O–H groups in total. The fourth-order valence-corrected chi connectivity index (χ4v) is 6.47. The largest absolute Gasteiger partial charge is 0.241 e. The molecule has 1 heterocycles. The number of hydrogen-bond donors (Lipinski definition) is 1. The first-order valence-corrected chi connectivity index (χ1v) is 10.1. The summed E-state index contributed by atoms with van der Waals surface area (Å²) >= 11 is 6.71. The maximum absolute atomic E-state index is 13.0. The van der Waals surface area contributed by atoms with Crippen LogP contribution in [0.2, 0.25) is 0 Å². The van der Waals surface area contributed by atoms with Crippen LogP contribution < -0.4 is 4.72 Å². The zero-order valence-electron chi connectivity index (χ0n) is 9.93. The summed E-state index contributed by atoms with van der Waals surface area (Å²) in [5.41, 5.74) is 0. The van der Waals surface area contributed by atoms with E-state index < -0.39 is 15.8 Å². The van der Waals surface area contributed by atoms with Crippen molar-refractivity contribution in [2.24, 2.45) is 0 Å². The zero-order chi connectivity index (χ0) is 13.9.